The molecule has 0 amide bonds. The summed E-state index contributed by atoms with van der Waals surface area (Å²) in [6.07, 6.45) is 1.58. The van der Waals surface area contributed by atoms with Crippen molar-refractivity contribution in [2.45, 2.75) is 32.3 Å². The van der Waals surface area contributed by atoms with Crippen molar-refractivity contribution >= 4 is 21.9 Å². The Hall–Kier alpha value is -1.16. The van der Waals surface area contributed by atoms with E-state index in [1.807, 2.05) is 19.1 Å². The van der Waals surface area contributed by atoms with Gasteiger partial charge in [-0.1, -0.05) is 12.6 Å². The number of hydrogen-bond acceptors (Lipinski definition) is 3. The molecule has 3 nitrogen and oxygen atoms in total. The van der Waals surface area contributed by atoms with Crippen LogP contribution in [0.25, 0.3) is 0 Å². The van der Waals surface area contributed by atoms with Crippen molar-refractivity contribution in [1.82, 2.24) is 4.98 Å². The van der Waals surface area contributed by atoms with Gasteiger partial charge in [0.2, 0.25) is 0 Å². The normalized spacial score (nSPS) is 22.1. The third-order valence-corrected chi connectivity index (χ3v) is 3.52. The maximum Gasteiger partial charge on any atom is 0.303 e. The summed E-state index contributed by atoms with van der Waals surface area (Å²) in [6, 6.07) is 3.92. The molecule has 1 atom stereocenters. The number of pyridine rings is 1. The van der Waals surface area contributed by atoms with Gasteiger partial charge >= 0.3 is 5.97 Å². The summed E-state index contributed by atoms with van der Waals surface area (Å²) in [5.74, 6) is -0.303. The second-order valence-electron chi connectivity index (χ2n) is 4.34. The highest BCUT2D eigenvalue weighted by Crippen LogP contribution is 2.44. The van der Waals surface area contributed by atoms with Crippen LogP contribution in [-0.4, -0.2) is 11.0 Å². The van der Waals surface area contributed by atoms with E-state index in [0.29, 0.717) is 0 Å². The lowest BCUT2D eigenvalue weighted by Gasteiger charge is -2.29. The molecule has 1 unspecified atom stereocenters. The van der Waals surface area contributed by atoms with Crippen LogP contribution in [0.4, 0.5) is 0 Å². The first-order chi connectivity index (χ1) is 7.95. The fraction of sp³-hybridized carbons (Fsp3) is 0.385. The molecule has 0 radical (unpaired) electrons. The molecule has 1 heterocycles. The van der Waals surface area contributed by atoms with Gasteiger partial charge in [0.1, 0.15) is 4.60 Å². The van der Waals surface area contributed by atoms with E-state index in [4.69, 9.17) is 4.74 Å². The molecule has 4 heteroatoms. The van der Waals surface area contributed by atoms with Crippen LogP contribution in [0.1, 0.15) is 31.5 Å². The van der Waals surface area contributed by atoms with E-state index in [-0.39, 0.29) is 5.97 Å². The summed E-state index contributed by atoms with van der Waals surface area (Å²) in [5, 5.41) is 0. The quantitative estimate of drug-likeness (QED) is 0.478. The molecule has 0 spiro atoms. The summed E-state index contributed by atoms with van der Waals surface area (Å²) in [7, 11) is 0. The van der Waals surface area contributed by atoms with Gasteiger partial charge in [0.15, 0.2) is 5.60 Å². The van der Waals surface area contributed by atoms with Crippen molar-refractivity contribution in [2.24, 2.45) is 0 Å². The number of fused-ring (bicyclic) bond motifs is 1. The summed E-state index contributed by atoms with van der Waals surface area (Å²) in [6.45, 7) is 7.25. The van der Waals surface area contributed by atoms with Gasteiger partial charge in [-0.3, -0.25) is 4.79 Å². The van der Waals surface area contributed by atoms with Crippen LogP contribution in [0.3, 0.4) is 0 Å². The molecule has 0 saturated carbocycles. The average molecular weight is 296 g/mol. The monoisotopic (exact) mass is 295 g/mol. The van der Waals surface area contributed by atoms with E-state index in [0.717, 1.165) is 34.3 Å². The van der Waals surface area contributed by atoms with Crippen molar-refractivity contribution in [2.75, 3.05) is 0 Å². The van der Waals surface area contributed by atoms with Gasteiger partial charge in [0.25, 0.3) is 0 Å². The molecule has 0 saturated heterocycles. The number of aryl methyl sites for hydroxylation is 1. The average Bonchev–Trinajstić information content (AvgIpc) is 2.57. The molecule has 0 fully saturated rings. The zero-order valence-electron chi connectivity index (χ0n) is 9.92. The Kier molecular flexibility index (Phi) is 3.08. The minimum atomic E-state index is -0.745. The Morgan fingerprint density at radius 2 is 2.24 bits per heavy atom. The number of ether oxygens (including phenoxy) is 1. The van der Waals surface area contributed by atoms with E-state index < -0.39 is 5.60 Å². The molecule has 90 valence electrons. The fourth-order valence-electron chi connectivity index (χ4n) is 2.29. The van der Waals surface area contributed by atoms with Crippen LogP contribution in [0, 0.1) is 0 Å². The number of rotatable bonds is 2. The topological polar surface area (TPSA) is 39.2 Å². The van der Waals surface area contributed by atoms with E-state index in [1.54, 1.807) is 0 Å². The molecule has 0 bridgehead atoms. The summed E-state index contributed by atoms with van der Waals surface area (Å²) in [5.41, 5.74) is 2.01. The highest BCUT2D eigenvalue weighted by atomic mass is 79.9. The van der Waals surface area contributed by atoms with Crippen molar-refractivity contribution in [3.05, 3.63) is 40.1 Å². The van der Waals surface area contributed by atoms with E-state index in [2.05, 4.69) is 27.5 Å². The van der Waals surface area contributed by atoms with Crippen LogP contribution in [-0.2, 0) is 21.6 Å². The highest BCUT2D eigenvalue weighted by Gasteiger charge is 2.44. The van der Waals surface area contributed by atoms with Crippen molar-refractivity contribution in [3.8, 4) is 0 Å². The Morgan fingerprint density at radius 1 is 1.53 bits per heavy atom. The SMILES string of the molecule is C=C(C)C1(OC(C)=O)CCc2ccc(Br)nc21. The fourth-order valence-corrected chi connectivity index (χ4v) is 2.60. The van der Waals surface area contributed by atoms with E-state index in [1.165, 1.54) is 6.92 Å². The van der Waals surface area contributed by atoms with Crippen LogP contribution >= 0.6 is 15.9 Å². The van der Waals surface area contributed by atoms with Gasteiger partial charge in [0.05, 0.1) is 5.69 Å². The molecule has 1 aromatic rings. The number of nitrogens with zero attached hydrogens (tertiary/aromatic N) is 1. The molecule has 0 aliphatic heterocycles. The van der Waals surface area contributed by atoms with E-state index in [9.17, 15) is 4.79 Å². The van der Waals surface area contributed by atoms with Crippen molar-refractivity contribution < 1.29 is 9.53 Å². The molecule has 1 aliphatic carbocycles. The van der Waals surface area contributed by atoms with Gasteiger partial charge in [-0.2, -0.15) is 0 Å². The first-order valence-corrected chi connectivity index (χ1v) is 6.26. The summed E-state index contributed by atoms with van der Waals surface area (Å²) in [4.78, 5) is 15.8. The molecule has 1 aromatic heterocycles. The minimum Gasteiger partial charge on any atom is -0.448 e. The van der Waals surface area contributed by atoms with Gasteiger partial charge in [-0.25, -0.2) is 4.98 Å². The summed E-state index contributed by atoms with van der Waals surface area (Å²) >= 11 is 3.35. The van der Waals surface area contributed by atoms with Crippen LogP contribution in [0.2, 0.25) is 0 Å². The maximum atomic E-state index is 11.3. The lowest BCUT2D eigenvalue weighted by molar-refractivity contribution is -0.154. The molecular weight excluding hydrogens is 282 g/mol. The molecular formula is C13H14BrNO2. The number of aromatic nitrogens is 1. The molecule has 1 aliphatic rings. The van der Waals surface area contributed by atoms with Gasteiger partial charge in [-0.15, -0.1) is 0 Å². The van der Waals surface area contributed by atoms with Gasteiger partial charge in [-0.05, 0) is 46.5 Å². The first kappa shape index (κ1) is 12.3. The Morgan fingerprint density at radius 3 is 2.82 bits per heavy atom. The van der Waals surface area contributed by atoms with Crippen molar-refractivity contribution in [3.63, 3.8) is 0 Å². The second kappa shape index (κ2) is 4.26. The van der Waals surface area contributed by atoms with Gasteiger partial charge < -0.3 is 4.74 Å². The molecule has 17 heavy (non-hydrogen) atoms. The first-order valence-electron chi connectivity index (χ1n) is 5.47. The van der Waals surface area contributed by atoms with E-state index >= 15 is 0 Å². The Balaban J connectivity index is 2.55. The van der Waals surface area contributed by atoms with Crippen LogP contribution in [0.5, 0.6) is 0 Å². The zero-order valence-corrected chi connectivity index (χ0v) is 11.5. The smallest absolute Gasteiger partial charge is 0.303 e. The number of esters is 1. The largest absolute Gasteiger partial charge is 0.448 e. The third kappa shape index (κ3) is 2.02. The molecule has 0 N–H and O–H groups in total. The number of carbonyl (C=O) groups excluding carboxylic acids is 1. The lowest BCUT2D eigenvalue weighted by atomic mass is 9.92. The minimum absolute atomic E-state index is 0.303. The predicted octanol–water partition coefficient (Wildman–Crippen LogP) is 3.12. The number of hydrogen-bond donors (Lipinski definition) is 0. The predicted molar refractivity (Wildman–Crippen MR) is 68.5 cm³/mol. The number of carbonyl (C=O) groups is 1. The van der Waals surface area contributed by atoms with Crippen LogP contribution in [0.15, 0.2) is 28.9 Å². The second-order valence-corrected chi connectivity index (χ2v) is 5.16. The lowest BCUT2D eigenvalue weighted by Crippen LogP contribution is -2.31. The zero-order chi connectivity index (χ0) is 12.6. The standard InChI is InChI=1S/C13H14BrNO2/c1-8(2)13(17-9(3)16)7-6-10-4-5-11(14)15-12(10)13/h4-5H,1,6-7H2,2-3H3. The van der Waals surface area contributed by atoms with Gasteiger partial charge in [0, 0.05) is 13.3 Å². The van der Waals surface area contributed by atoms with Crippen molar-refractivity contribution in [1.29, 1.82) is 0 Å². The van der Waals surface area contributed by atoms with Crippen LogP contribution < -0.4 is 0 Å². The molecule has 2 rings (SSSR count). The third-order valence-electron chi connectivity index (χ3n) is 3.08. The highest BCUT2D eigenvalue weighted by molar-refractivity contribution is 9.10. The maximum absolute atomic E-state index is 11.3. The Bertz CT molecular complexity index is 498. The molecule has 0 aromatic carbocycles. The summed E-state index contributed by atoms with van der Waals surface area (Å²) < 4.78 is 6.27. The number of halogens is 1. The Labute approximate surface area is 109 Å².